The number of nitrogens with zero attached hydrogens (tertiary/aromatic N) is 4. The molecule has 2 N–H and O–H groups in total. The largest absolute Gasteiger partial charge is 0.358 e. The quantitative estimate of drug-likeness (QED) is 0.100. The molecule has 84 heavy (non-hydrogen) atoms. The van der Waals surface area contributed by atoms with Crippen LogP contribution in [0.15, 0.2) is 115 Å². The molecule has 0 atom stereocenters. The lowest BCUT2D eigenvalue weighted by molar-refractivity contribution is 0.376. The zero-order valence-electron chi connectivity index (χ0n) is 42.3. The third-order valence-electron chi connectivity index (χ3n) is 14.5. The van der Waals surface area contributed by atoms with Crippen LogP contribution < -0.4 is 0 Å². The minimum atomic E-state index is -2.62. The Labute approximate surface area is 457 Å². The molecule has 11 rings (SSSR count). The fourth-order valence-corrected chi connectivity index (χ4v) is 10.00. The Morgan fingerprint density at radius 3 is 0.857 bits per heavy atom. The molecule has 428 valence electrons. The summed E-state index contributed by atoms with van der Waals surface area (Å²) in [4.78, 5) is 22.4. The van der Waals surface area contributed by atoms with E-state index in [0.29, 0.717) is 24.6 Å². The minimum Gasteiger partial charge on any atom is -0.358 e. The van der Waals surface area contributed by atoms with E-state index in [9.17, 15) is 17.6 Å². The van der Waals surface area contributed by atoms with E-state index in [-0.39, 0.29) is 22.8 Å². The second kappa shape index (κ2) is 19.6. The molecule has 0 saturated carbocycles. The van der Waals surface area contributed by atoms with E-state index in [0.717, 1.165) is 36.4 Å². The number of H-pyrrole nitrogens is 2. The molecule has 5 aliphatic heterocycles. The van der Waals surface area contributed by atoms with Crippen molar-refractivity contribution in [1.29, 1.82) is 0 Å². The third-order valence-corrected chi connectivity index (χ3v) is 14.5. The molecule has 26 heteroatoms. The van der Waals surface area contributed by atoms with E-state index in [2.05, 4.69) is 29.9 Å². The van der Waals surface area contributed by atoms with Crippen molar-refractivity contribution in [3.05, 3.63) is 256 Å². The first kappa shape index (κ1) is 56.5. The predicted octanol–water partition coefficient (Wildman–Crippen LogP) is 15.9. The van der Waals surface area contributed by atoms with Crippen LogP contribution in [-0.2, 0) is 5.41 Å². The number of aromatic amines is 2. The van der Waals surface area contributed by atoms with E-state index >= 15 is 70.2 Å². The maximum Gasteiger partial charge on any atom is 0.200 e. The van der Waals surface area contributed by atoms with Gasteiger partial charge in [-0.1, -0.05) is 0 Å². The number of aromatic nitrogens is 2. The number of halogens is 20. The average molecular weight is 1190 g/mol. The molecule has 7 heterocycles. The van der Waals surface area contributed by atoms with Crippen molar-refractivity contribution in [3.8, 4) is 0 Å². The normalized spacial score (nSPS) is 20.6. The lowest BCUT2D eigenvalue weighted by atomic mass is 9.82. The van der Waals surface area contributed by atoms with Crippen LogP contribution >= 0.6 is 0 Å². The molecule has 6 aromatic rings. The van der Waals surface area contributed by atoms with Crippen LogP contribution in [0.25, 0.3) is 22.3 Å². The molecule has 4 aromatic carbocycles. The number of fused-ring (bicyclic) bond motifs is 8. The molecular weight excluding hydrogens is 1160 g/mol. The highest BCUT2D eigenvalue weighted by molar-refractivity contribution is 6.22. The first-order valence-electron chi connectivity index (χ1n) is 24.0. The van der Waals surface area contributed by atoms with Crippen LogP contribution in [0.4, 0.5) is 87.8 Å². The van der Waals surface area contributed by atoms with Crippen LogP contribution in [0, 0.1) is 122 Å². The van der Waals surface area contributed by atoms with Gasteiger partial charge in [0.25, 0.3) is 0 Å². The van der Waals surface area contributed by atoms with Gasteiger partial charge < -0.3 is 9.97 Å². The second-order valence-electron chi connectivity index (χ2n) is 20.0. The topological polar surface area (TPSA) is 81.0 Å². The Hall–Kier alpha value is -9.36. The van der Waals surface area contributed by atoms with E-state index in [1.54, 1.807) is 0 Å². The van der Waals surface area contributed by atoms with Gasteiger partial charge in [-0.05, 0) is 88.4 Å². The summed E-state index contributed by atoms with van der Waals surface area (Å²) in [5.74, 6) is -50.0. The summed E-state index contributed by atoms with van der Waals surface area (Å²) in [6.07, 6.45) is 6.85. The summed E-state index contributed by atoms with van der Waals surface area (Å²) in [6.45, 7) is 5.39. The molecule has 0 amide bonds. The first-order chi connectivity index (χ1) is 39.5. The molecular formula is C58H26F20N6. The van der Waals surface area contributed by atoms with Crippen molar-refractivity contribution >= 4 is 46.1 Å². The molecule has 0 radical (unpaired) electrons. The first-order valence-corrected chi connectivity index (χ1v) is 24.0. The van der Waals surface area contributed by atoms with Crippen molar-refractivity contribution in [1.82, 2.24) is 9.97 Å². The van der Waals surface area contributed by atoms with Gasteiger partial charge in [0.05, 0.1) is 56.5 Å². The Morgan fingerprint density at radius 1 is 0.310 bits per heavy atom. The monoisotopic (exact) mass is 1190 g/mol. The highest BCUT2D eigenvalue weighted by Gasteiger charge is 2.40. The van der Waals surface area contributed by atoms with Gasteiger partial charge >= 0.3 is 0 Å². The zero-order valence-corrected chi connectivity index (χ0v) is 42.3. The van der Waals surface area contributed by atoms with Crippen LogP contribution in [0.2, 0.25) is 0 Å². The average Bonchev–Trinajstić information content (AvgIpc) is 1.77. The molecule has 2 aromatic heterocycles. The SMILES string of the molecule is CC1(C)C2=N/C(=C(/c3c(F)c(F)c(F)c(F)c3F)C3=C/C(=C(\c4c(F)c(F)c(F)c(F)c4F)c4ccc([nH]4)C(C)(C)c4ccc([nH]4)/C(c4c(F)c(F)c(F)c(F)c4F)=C4/C=NC(=C4)/C(c4c(F)c(F)c(F)c(F)c4F)=C4/C=CC1=N4)C=N3)C=C2. The summed E-state index contributed by atoms with van der Waals surface area (Å²) in [6, 6.07) is 4.39. The summed E-state index contributed by atoms with van der Waals surface area (Å²) in [5, 5.41) is 0. The lowest BCUT2D eigenvalue weighted by Crippen LogP contribution is -2.30. The summed E-state index contributed by atoms with van der Waals surface area (Å²) in [5.41, 5.74) is -20.2. The number of hydrogen-bond acceptors (Lipinski definition) is 4. The molecule has 0 aliphatic carbocycles. The maximum atomic E-state index is 16.1. The number of rotatable bonds is 4. The number of hydrogen-bond donors (Lipinski definition) is 2. The standard InChI is InChI=1S/C58H26F20N6/c1-57(2)25-9-5-19(81-25)29(33-37(59)45(67)53(75)46(68)38(33)60)17-13-23(79-15-17)31(35-41(63)49(71)55(77)50(72)42(35)64)21-7-11-27(83-21)58(3,4)28-12-8-22(84-28)32(36-43(65)51(73)56(78)52(74)44(36)66)24-14-18(16-80-24)30(20-6-10-26(57)82-20)34-39(61)47(69)54(76)48(70)40(34)62/h5-16,81-82H,1-4H3/b29-17-,30-18+,31-21+,32-22+. The molecule has 6 nitrogen and oxygen atoms in total. The number of nitrogens with one attached hydrogen (secondary N) is 2. The van der Waals surface area contributed by atoms with Gasteiger partial charge in [0.2, 0.25) is 23.3 Å². The molecule has 0 spiro atoms. The van der Waals surface area contributed by atoms with E-state index in [1.807, 2.05) is 0 Å². The highest BCUT2D eigenvalue weighted by atomic mass is 19.2. The minimum absolute atomic E-state index is 0.0927. The van der Waals surface area contributed by atoms with Crippen LogP contribution in [0.3, 0.4) is 0 Å². The van der Waals surface area contributed by atoms with Gasteiger partial charge in [-0.2, -0.15) is 0 Å². The molecule has 12 bridgehead atoms. The molecule has 0 saturated heterocycles. The Bertz CT molecular complexity index is 4080. The van der Waals surface area contributed by atoms with Gasteiger partial charge in [-0.3, -0.25) is 20.0 Å². The van der Waals surface area contributed by atoms with Gasteiger partial charge in [0, 0.05) is 79.5 Å². The van der Waals surface area contributed by atoms with Crippen molar-refractivity contribution in [2.24, 2.45) is 25.4 Å². The maximum absolute atomic E-state index is 16.1. The molecule has 0 unspecified atom stereocenters. The van der Waals surface area contributed by atoms with Gasteiger partial charge in [-0.25, -0.2) is 87.8 Å². The fourth-order valence-electron chi connectivity index (χ4n) is 10.00. The smallest absolute Gasteiger partial charge is 0.200 e. The van der Waals surface area contributed by atoms with Crippen molar-refractivity contribution in [3.63, 3.8) is 0 Å². The van der Waals surface area contributed by atoms with Gasteiger partial charge in [0.15, 0.2) is 93.1 Å². The van der Waals surface area contributed by atoms with E-state index < -0.39 is 217 Å². The molecule has 0 fully saturated rings. The molecule has 5 aliphatic rings. The summed E-state index contributed by atoms with van der Waals surface area (Å²) < 4.78 is 309. The third kappa shape index (κ3) is 8.25. The number of benzene rings is 4. The Kier molecular flexibility index (Phi) is 13.2. The van der Waals surface area contributed by atoms with Gasteiger partial charge in [0.1, 0.15) is 0 Å². The van der Waals surface area contributed by atoms with E-state index in [1.165, 1.54) is 39.8 Å². The van der Waals surface area contributed by atoms with Crippen molar-refractivity contribution < 1.29 is 87.8 Å². The number of aliphatic imine (C=N–C) groups is 4. The van der Waals surface area contributed by atoms with Crippen LogP contribution in [-0.4, -0.2) is 33.8 Å². The van der Waals surface area contributed by atoms with Crippen molar-refractivity contribution in [2.75, 3.05) is 0 Å². The Morgan fingerprint density at radius 2 is 0.571 bits per heavy atom. The van der Waals surface area contributed by atoms with Crippen LogP contribution in [0.5, 0.6) is 0 Å². The Balaban J connectivity index is 1.26. The summed E-state index contributed by atoms with van der Waals surface area (Å²) >= 11 is 0. The summed E-state index contributed by atoms with van der Waals surface area (Å²) in [7, 11) is 0. The predicted molar refractivity (Wildman–Crippen MR) is 265 cm³/mol. The van der Waals surface area contributed by atoms with Crippen LogP contribution in [0.1, 0.15) is 72.7 Å². The van der Waals surface area contributed by atoms with Crippen molar-refractivity contribution in [2.45, 2.75) is 33.1 Å². The highest BCUT2D eigenvalue weighted by Crippen LogP contribution is 2.47. The number of allylic oxidation sites excluding steroid dienone is 10. The fraction of sp³-hybridized carbons (Fsp3) is 0.103. The van der Waals surface area contributed by atoms with E-state index in [4.69, 9.17) is 0 Å². The zero-order chi connectivity index (χ0) is 60.8. The lowest BCUT2D eigenvalue weighted by Gasteiger charge is -2.23. The second-order valence-corrected chi connectivity index (χ2v) is 20.0. The van der Waals surface area contributed by atoms with Gasteiger partial charge in [-0.15, -0.1) is 0 Å².